The fourth-order valence-corrected chi connectivity index (χ4v) is 4.22. The van der Waals surface area contributed by atoms with Gasteiger partial charge in [-0.15, -0.1) is 0 Å². The first-order valence-corrected chi connectivity index (χ1v) is 7.95. The number of hydrogen-bond acceptors (Lipinski definition) is 5. The van der Waals surface area contributed by atoms with Crippen LogP contribution in [0.1, 0.15) is 12.8 Å². The average Bonchev–Trinajstić information content (AvgIpc) is 2.56. The topological polar surface area (TPSA) is 66.6 Å². The Morgan fingerprint density at radius 2 is 2.00 bits per heavy atom. The standard InChI is InChI=1S/C11H25N3O2S/c1-13(2)8-10(4-6-12)14(3)11-5-7-17(15,16)9-11/h10-11H,4-9,12H2,1-3H3. The molecule has 0 aliphatic carbocycles. The molecule has 6 heteroatoms. The van der Waals surface area contributed by atoms with E-state index in [-0.39, 0.29) is 6.04 Å². The molecule has 17 heavy (non-hydrogen) atoms. The molecule has 0 amide bonds. The molecule has 2 atom stereocenters. The maximum atomic E-state index is 11.5. The molecule has 1 fully saturated rings. The van der Waals surface area contributed by atoms with Gasteiger partial charge in [0.05, 0.1) is 11.5 Å². The van der Waals surface area contributed by atoms with Crippen LogP contribution in [-0.2, 0) is 9.84 Å². The molecule has 2 unspecified atom stereocenters. The number of likely N-dealkylation sites (N-methyl/N-ethyl adjacent to an activating group) is 2. The minimum Gasteiger partial charge on any atom is -0.330 e. The molecule has 1 rings (SSSR count). The smallest absolute Gasteiger partial charge is 0.151 e. The van der Waals surface area contributed by atoms with E-state index >= 15 is 0 Å². The van der Waals surface area contributed by atoms with Gasteiger partial charge in [0.1, 0.15) is 0 Å². The number of hydrogen-bond donors (Lipinski definition) is 1. The lowest BCUT2D eigenvalue weighted by molar-refractivity contribution is 0.148. The van der Waals surface area contributed by atoms with E-state index in [1.807, 2.05) is 21.1 Å². The molecule has 0 aromatic rings. The first-order valence-electron chi connectivity index (χ1n) is 6.13. The zero-order valence-corrected chi connectivity index (χ0v) is 11.9. The predicted octanol–water partition coefficient (Wildman–Crippen LogP) is -0.616. The third kappa shape index (κ3) is 4.54. The Morgan fingerprint density at radius 3 is 2.41 bits per heavy atom. The highest BCUT2D eigenvalue weighted by molar-refractivity contribution is 7.91. The van der Waals surface area contributed by atoms with Gasteiger partial charge >= 0.3 is 0 Å². The van der Waals surface area contributed by atoms with Crippen molar-refractivity contribution < 1.29 is 8.42 Å². The molecule has 5 nitrogen and oxygen atoms in total. The molecule has 0 aromatic heterocycles. The van der Waals surface area contributed by atoms with E-state index in [0.29, 0.717) is 24.1 Å². The lowest BCUT2D eigenvalue weighted by Crippen LogP contribution is -2.46. The first-order chi connectivity index (χ1) is 7.85. The third-order valence-electron chi connectivity index (χ3n) is 3.44. The molecule has 1 aliphatic rings. The molecule has 0 spiro atoms. The van der Waals surface area contributed by atoms with E-state index in [2.05, 4.69) is 9.80 Å². The molecular weight excluding hydrogens is 238 g/mol. The van der Waals surface area contributed by atoms with E-state index in [1.165, 1.54) is 0 Å². The van der Waals surface area contributed by atoms with Gasteiger partial charge in [-0.1, -0.05) is 0 Å². The number of rotatable bonds is 6. The fraction of sp³-hybridized carbons (Fsp3) is 1.00. The van der Waals surface area contributed by atoms with Gasteiger partial charge in [0, 0.05) is 18.6 Å². The largest absolute Gasteiger partial charge is 0.330 e. The average molecular weight is 263 g/mol. The molecule has 1 saturated heterocycles. The van der Waals surface area contributed by atoms with Crippen LogP contribution in [-0.4, -0.2) is 76.0 Å². The Hall–Kier alpha value is -0.170. The van der Waals surface area contributed by atoms with Crippen molar-refractivity contribution >= 4 is 9.84 Å². The highest BCUT2D eigenvalue weighted by atomic mass is 32.2. The SMILES string of the molecule is CN(C)CC(CCN)N(C)C1CCS(=O)(=O)C1. The second-order valence-electron chi connectivity index (χ2n) is 5.22. The van der Waals surface area contributed by atoms with Crippen LogP contribution in [0.4, 0.5) is 0 Å². The van der Waals surface area contributed by atoms with Gasteiger partial charge in [-0.05, 0) is 40.5 Å². The number of nitrogens with zero attached hydrogens (tertiary/aromatic N) is 2. The van der Waals surface area contributed by atoms with Crippen molar-refractivity contribution in [2.75, 3.05) is 45.7 Å². The lowest BCUT2D eigenvalue weighted by Gasteiger charge is -2.34. The van der Waals surface area contributed by atoms with Crippen molar-refractivity contribution in [2.24, 2.45) is 5.73 Å². The van der Waals surface area contributed by atoms with Crippen LogP contribution in [0.15, 0.2) is 0 Å². The summed E-state index contributed by atoms with van der Waals surface area (Å²) >= 11 is 0. The Balaban J connectivity index is 2.61. The maximum absolute atomic E-state index is 11.5. The van der Waals surface area contributed by atoms with E-state index in [9.17, 15) is 8.42 Å². The minimum absolute atomic E-state index is 0.163. The van der Waals surface area contributed by atoms with Crippen LogP contribution in [0.2, 0.25) is 0 Å². The molecule has 0 saturated carbocycles. The molecule has 0 radical (unpaired) electrons. The Kier molecular flexibility index (Phi) is 5.37. The molecule has 2 N–H and O–H groups in total. The van der Waals surface area contributed by atoms with Gasteiger partial charge < -0.3 is 10.6 Å². The van der Waals surface area contributed by atoms with Crippen LogP contribution >= 0.6 is 0 Å². The Bertz CT molecular complexity index is 330. The van der Waals surface area contributed by atoms with Gasteiger partial charge in [0.25, 0.3) is 0 Å². The van der Waals surface area contributed by atoms with E-state index in [0.717, 1.165) is 19.4 Å². The quantitative estimate of drug-likeness (QED) is 0.692. The highest BCUT2D eigenvalue weighted by Crippen LogP contribution is 2.19. The maximum Gasteiger partial charge on any atom is 0.151 e. The van der Waals surface area contributed by atoms with Crippen molar-refractivity contribution in [3.63, 3.8) is 0 Å². The van der Waals surface area contributed by atoms with E-state index < -0.39 is 9.84 Å². The van der Waals surface area contributed by atoms with E-state index in [1.54, 1.807) is 0 Å². The van der Waals surface area contributed by atoms with Crippen molar-refractivity contribution in [1.82, 2.24) is 9.80 Å². The summed E-state index contributed by atoms with van der Waals surface area (Å²) in [7, 11) is 3.28. The summed E-state index contributed by atoms with van der Waals surface area (Å²) in [6.45, 7) is 1.56. The highest BCUT2D eigenvalue weighted by Gasteiger charge is 2.33. The number of nitrogens with two attached hydrogens (primary N) is 1. The van der Waals surface area contributed by atoms with Crippen LogP contribution in [0.3, 0.4) is 0 Å². The number of sulfone groups is 1. The van der Waals surface area contributed by atoms with Crippen LogP contribution in [0.25, 0.3) is 0 Å². The van der Waals surface area contributed by atoms with Gasteiger partial charge in [-0.25, -0.2) is 8.42 Å². The second-order valence-corrected chi connectivity index (χ2v) is 7.44. The summed E-state index contributed by atoms with van der Waals surface area (Å²) in [6.07, 6.45) is 1.67. The Labute approximate surface area is 105 Å². The Morgan fingerprint density at radius 1 is 1.35 bits per heavy atom. The summed E-state index contributed by atoms with van der Waals surface area (Å²) in [4.78, 5) is 4.33. The molecule has 0 aromatic carbocycles. The normalized spacial score (nSPS) is 25.6. The van der Waals surface area contributed by atoms with Gasteiger partial charge in [-0.3, -0.25) is 4.90 Å². The zero-order valence-electron chi connectivity index (χ0n) is 11.1. The van der Waals surface area contributed by atoms with Gasteiger partial charge in [0.15, 0.2) is 9.84 Å². The summed E-state index contributed by atoms with van der Waals surface area (Å²) in [5.41, 5.74) is 5.63. The molecule has 102 valence electrons. The monoisotopic (exact) mass is 263 g/mol. The molecule has 0 bridgehead atoms. The molecule has 1 aliphatic heterocycles. The zero-order chi connectivity index (χ0) is 13.1. The van der Waals surface area contributed by atoms with Crippen LogP contribution in [0, 0.1) is 0 Å². The summed E-state index contributed by atoms with van der Waals surface area (Å²) in [5, 5.41) is 0. The molecular formula is C11H25N3O2S. The summed E-state index contributed by atoms with van der Waals surface area (Å²) in [5.74, 6) is 0.636. The minimum atomic E-state index is -2.80. The second kappa shape index (κ2) is 6.13. The first kappa shape index (κ1) is 14.9. The molecule has 1 heterocycles. The van der Waals surface area contributed by atoms with Crippen molar-refractivity contribution in [3.8, 4) is 0 Å². The third-order valence-corrected chi connectivity index (χ3v) is 5.19. The lowest BCUT2D eigenvalue weighted by atomic mass is 10.1. The van der Waals surface area contributed by atoms with Crippen molar-refractivity contribution in [3.05, 3.63) is 0 Å². The van der Waals surface area contributed by atoms with Crippen molar-refractivity contribution in [2.45, 2.75) is 24.9 Å². The van der Waals surface area contributed by atoms with Crippen LogP contribution < -0.4 is 5.73 Å². The summed E-state index contributed by atoms with van der Waals surface area (Å²) < 4.78 is 23.0. The fourth-order valence-electron chi connectivity index (χ4n) is 2.43. The van der Waals surface area contributed by atoms with Gasteiger partial charge in [0.2, 0.25) is 0 Å². The van der Waals surface area contributed by atoms with Crippen LogP contribution in [0.5, 0.6) is 0 Å². The summed E-state index contributed by atoms with van der Waals surface area (Å²) in [6, 6.07) is 0.504. The van der Waals surface area contributed by atoms with E-state index in [4.69, 9.17) is 5.73 Å². The van der Waals surface area contributed by atoms with Crippen molar-refractivity contribution in [1.29, 1.82) is 0 Å². The predicted molar refractivity (Wildman–Crippen MR) is 70.8 cm³/mol. The van der Waals surface area contributed by atoms with Gasteiger partial charge in [-0.2, -0.15) is 0 Å².